The maximum Gasteiger partial charge on any atom is 0.300 e. The average Bonchev–Trinajstić information content (AvgIpc) is 2.45. The van der Waals surface area contributed by atoms with Gasteiger partial charge in [-0.2, -0.15) is 0 Å². The molecule has 1 aliphatic rings. The number of nitrogen functional groups attached to an aromatic ring is 1. The van der Waals surface area contributed by atoms with E-state index >= 15 is 0 Å². The molecule has 1 amide bonds. The van der Waals surface area contributed by atoms with Crippen LogP contribution >= 0.6 is 0 Å². The highest BCUT2D eigenvalue weighted by molar-refractivity contribution is 5.98. The Bertz CT molecular complexity index is 514. The fourth-order valence-corrected chi connectivity index (χ4v) is 2.06. The van der Waals surface area contributed by atoms with Crippen molar-refractivity contribution in [2.24, 2.45) is 0 Å². The molecule has 8 nitrogen and oxygen atoms in total. The van der Waals surface area contributed by atoms with Gasteiger partial charge in [-0.3, -0.25) is 14.9 Å². The number of aromatic nitrogens is 1. The molecule has 108 valence electrons. The highest BCUT2D eigenvalue weighted by Crippen LogP contribution is 2.19. The summed E-state index contributed by atoms with van der Waals surface area (Å²) in [7, 11) is 0. The molecule has 0 spiro atoms. The second-order valence-corrected chi connectivity index (χ2v) is 4.58. The molecule has 1 atom stereocenters. The van der Waals surface area contributed by atoms with Gasteiger partial charge < -0.3 is 15.8 Å². The van der Waals surface area contributed by atoms with Crippen LogP contribution in [0.25, 0.3) is 0 Å². The van der Waals surface area contributed by atoms with E-state index in [1.165, 1.54) is 6.07 Å². The monoisotopic (exact) mass is 280 g/mol. The summed E-state index contributed by atoms with van der Waals surface area (Å²) < 4.78 is 5.48. The van der Waals surface area contributed by atoms with E-state index in [9.17, 15) is 14.9 Å². The Balaban J connectivity index is 2.04. The van der Waals surface area contributed by atoms with Gasteiger partial charge in [-0.15, -0.1) is 0 Å². The fourth-order valence-electron chi connectivity index (χ4n) is 2.06. The van der Waals surface area contributed by atoms with Gasteiger partial charge in [0.2, 0.25) is 0 Å². The number of carbonyl (C=O) groups excluding carboxylic acids is 1. The van der Waals surface area contributed by atoms with E-state index in [0.717, 1.165) is 25.5 Å². The molecule has 0 bridgehead atoms. The number of hydrogen-bond acceptors (Lipinski definition) is 6. The van der Waals surface area contributed by atoms with Crippen molar-refractivity contribution in [2.45, 2.75) is 25.4 Å². The van der Waals surface area contributed by atoms with E-state index < -0.39 is 10.8 Å². The summed E-state index contributed by atoms with van der Waals surface area (Å²) in [5.74, 6) is -0.477. The highest BCUT2D eigenvalue weighted by atomic mass is 16.6. The van der Waals surface area contributed by atoms with Crippen molar-refractivity contribution in [1.29, 1.82) is 0 Å². The minimum Gasteiger partial charge on any atom is -0.384 e. The Morgan fingerprint density at radius 1 is 1.60 bits per heavy atom. The molecule has 1 unspecified atom stereocenters. The Morgan fingerprint density at radius 2 is 2.40 bits per heavy atom. The van der Waals surface area contributed by atoms with Gasteiger partial charge in [0.15, 0.2) is 0 Å². The van der Waals surface area contributed by atoms with Gasteiger partial charge in [0, 0.05) is 13.2 Å². The topological polar surface area (TPSA) is 120 Å². The predicted octanol–water partition coefficient (Wildman–Crippen LogP) is 0.871. The van der Waals surface area contributed by atoms with Gasteiger partial charge in [0.05, 0.1) is 11.0 Å². The number of carbonyl (C=O) groups is 1. The van der Waals surface area contributed by atoms with Crippen molar-refractivity contribution in [3.05, 3.63) is 27.9 Å². The molecule has 0 saturated carbocycles. The highest BCUT2D eigenvalue weighted by Gasteiger charge is 2.22. The first kappa shape index (κ1) is 14.2. The Kier molecular flexibility index (Phi) is 4.46. The molecule has 1 fully saturated rings. The number of amides is 1. The molecule has 8 heteroatoms. The zero-order chi connectivity index (χ0) is 14.5. The van der Waals surface area contributed by atoms with Crippen LogP contribution in [0.4, 0.5) is 11.5 Å². The molecular weight excluding hydrogens is 264 g/mol. The van der Waals surface area contributed by atoms with Gasteiger partial charge in [-0.05, 0) is 25.3 Å². The summed E-state index contributed by atoms with van der Waals surface area (Å²) in [4.78, 5) is 25.8. The van der Waals surface area contributed by atoms with Crippen LogP contribution in [0.5, 0.6) is 0 Å². The smallest absolute Gasteiger partial charge is 0.300 e. The Hall–Kier alpha value is -2.22. The van der Waals surface area contributed by atoms with E-state index in [2.05, 4.69) is 10.3 Å². The molecule has 1 saturated heterocycles. The van der Waals surface area contributed by atoms with Crippen molar-refractivity contribution < 1.29 is 14.5 Å². The van der Waals surface area contributed by atoms with Crippen LogP contribution in [0.15, 0.2) is 12.3 Å². The number of ether oxygens (including phenoxy) is 1. The van der Waals surface area contributed by atoms with E-state index in [4.69, 9.17) is 10.5 Å². The van der Waals surface area contributed by atoms with Crippen LogP contribution in [-0.2, 0) is 4.74 Å². The van der Waals surface area contributed by atoms with Crippen LogP contribution in [-0.4, -0.2) is 35.1 Å². The number of nitrogens with one attached hydrogen (secondary N) is 1. The second-order valence-electron chi connectivity index (χ2n) is 4.58. The van der Waals surface area contributed by atoms with Crippen LogP contribution in [0, 0.1) is 10.1 Å². The van der Waals surface area contributed by atoms with Crippen molar-refractivity contribution in [1.82, 2.24) is 10.3 Å². The summed E-state index contributed by atoms with van der Waals surface area (Å²) in [6.07, 6.45) is 3.91. The minimum atomic E-state index is -0.654. The molecule has 20 heavy (non-hydrogen) atoms. The number of pyridine rings is 1. The second kappa shape index (κ2) is 6.29. The maximum atomic E-state index is 12.0. The normalized spacial score (nSPS) is 18.5. The minimum absolute atomic E-state index is 0.0362. The Labute approximate surface area is 115 Å². The third-order valence-electron chi connectivity index (χ3n) is 3.11. The summed E-state index contributed by atoms with van der Waals surface area (Å²) >= 11 is 0. The standard InChI is InChI=1S/C12H16N4O4/c13-11-5-9(10(7-14-11)16(18)19)12(17)15-6-8-3-1-2-4-20-8/h5,7-8H,1-4,6H2,(H2,13,14)(H,15,17). The molecular formula is C12H16N4O4. The van der Waals surface area contributed by atoms with Crippen LogP contribution in [0.1, 0.15) is 29.6 Å². The summed E-state index contributed by atoms with van der Waals surface area (Å²) in [5.41, 5.74) is 5.02. The van der Waals surface area contributed by atoms with Gasteiger partial charge in [-0.25, -0.2) is 4.98 Å². The summed E-state index contributed by atoms with van der Waals surface area (Å²) in [6, 6.07) is 1.20. The zero-order valence-electron chi connectivity index (χ0n) is 10.9. The number of anilines is 1. The van der Waals surface area contributed by atoms with Gasteiger partial charge in [-0.1, -0.05) is 0 Å². The number of hydrogen-bond donors (Lipinski definition) is 2. The largest absolute Gasteiger partial charge is 0.384 e. The third-order valence-corrected chi connectivity index (χ3v) is 3.11. The van der Waals surface area contributed by atoms with Crippen LogP contribution in [0.3, 0.4) is 0 Å². The third kappa shape index (κ3) is 3.41. The van der Waals surface area contributed by atoms with E-state index in [-0.39, 0.29) is 23.2 Å². The van der Waals surface area contributed by atoms with E-state index in [1.54, 1.807) is 0 Å². The first-order valence-electron chi connectivity index (χ1n) is 6.37. The molecule has 0 radical (unpaired) electrons. The summed E-state index contributed by atoms with van der Waals surface area (Å²) in [6.45, 7) is 1.01. The van der Waals surface area contributed by atoms with E-state index in [1.807, 2.05) is 0 Å². The maximum absolute atomic E-state index is 12.0. The molecule has 3 N–H and O–H groups in total. The Morgan fingerprint density at radius 3 is 3.05 bits per heavy atom. The average molecular weight is 280 g/mol. The quantitative estimate of drug-likeness (QED) is 0.623. The molecule has 1 aromatic heterocycles. The predicted molar refractivity (Wildman–Crippen MR) is 71.2 cm³/mol. The van der Waals surface area contributed by atoms with Crippen molar-refractivity contribution in [2.75, 3.05) is 18.9 Å². The summed E-state index contributed by atoms with van der Waals surface area (Å²) in [5, 5.41) is 13.5. The van der Waals surface area contributed by atoms with Crippen molar-refractivity contribution in [3.63, 3.8) is 0 Å². The van der Waals surface area contributed by atoms with Crippen LogP contribution in [0.2, 0.25) is 0 Å². The molecule has 0 aromatic carbocycles. The van der Waals surface area contributed by atoms with E-state index in [0.29, 0.717) is 13.2 Å². The van der Waals surface area contributed by atoms with Gasteiger partial charge >= 0.3 is 0 Å². The number of rotatable bonds is 4. The van der Waals surface area contributed by atoms with Crippen molar-refractivity contribution in [3.8, 4) is 0 Å². The lowest BCUT2D eigenvalue weighted by molar-refractivity contribution is -0.385. The fraction of sp³-hybridized carbons (Fsp3) is 0.500. The lowest BCUT2D eigenvalue weighted by atomic mass is 10.1. The van der Waals surface area contributed by atoms with Gasteiger partial charge in [0.1, 0.15) is 17.6 Å². The molecule has 0 aliphatic carbocycles. The van der Waals surface area contributed by atoms with Gasteiger partial charge in [0.25, 0.3) is 11.6 Å². The number of nitro groups is 1. The SMILES string of the molecule is Nc1cc(C(=O)NCC2CCCCO2)c([N+](=O)[O-])cn1. The lowest BCUT2D eigenvalue weighted by Gasteiger charge is -2.22. The van der Waals surface area contributed by atoms with Crippen molar-refractivity contribution >= 4 is 17.4 Å². The molecule has 2 heterocycles. The molecule has 1 aromatic rings. The number of nitrogens with zero attached hydrogens (tertiary/aromatic N) is 2. The first-order valence-corrected chi connectivity index (χ1v) is 6.37. The zero-order valence-corrected chi connectivity index (χ0v) is 10.9. The lowest BCUT2D eigenvalue weighted by Crippen LogP contribution is -2.35. The number of nitrogens with two attached hydrogens (primary N) is 1. The van der Waals surface area contributed by atoms with Crippen LogP contribution < -0.4 is 11.1 Å². The first-order chi connectivity index (χ1) is 9.58. The molecule has 2 rings (SSSR count). The molecule has 1 aliphatic heterocycles.